The third-order valence-corrected chi connectivity index (χ3v) is 4.28. The Balaban J connectivity index is 1.85. The number of carbonyl (C=O) groups excluding carboxylic acids is 1. The maximum absolute atomic E-state index is 12.6. The number of carbonyl (C=O) groups is 1. The topological polar surface area (TPSA) is 63.4 Å². The van der Waals surface area contributed by atoms with Gasteiger partial charge in [0.15, 0.2) is 0 Å². The van der Waals surface area contributed by atoms with Gasteiger partial charge in [0.05, 0.1) is 6.42 Å². The standard InChI is InChI=1S/C15H21N5O/c1-11-13(12(2)20-15(18-11)16-10-17-20)9-14(21)19-7-5-3-4-6-8-19/h10H,3-9H2,1-2H3. The van der Waals surface area contributed by atoms with Gasteiger partial charge in [-0.25, -0.2) is 9.50 Å². The molecule has 0 aliphatic carbocycles. The predicted octanol–water partition coefficient (Wildman–Crippen LogP) is 1.69. The first-order valence-electron chi connectivity index (χ1n) is 7.60. The number of hydrogen-bond acceptors (Lipinski definition) is 4. The normalized spacial score (nSPS) is 16.2. The number of rotatable bonds is 2. The Morgan fingerprint density at radius 2 is 1.90 bits per heavy atom. The summed E-state index contributed by atoms with van der Waals surface area (Å²) in [6.45, 7) is 5.68. The number of aryl methyl sites for hydroxylation is 2. The van der Waals surface area contributed by atoms with Crippen molar-refractivity contribution in [2.75, 3.05) is 13.1 Å². The van der Waals surface area contributed by atoms with Crippen LogP contribution in [0, 0.1) is 13.8 Å². The number of likely N-dealkylation sites (tertiary alicyclic amines) is 1. The molecule has 1 saturated heterocycles. The monoisotopic (exact) mass is 287 g/mol. The zero-order chi connectivity index (χ0) is 14.8. The lowest BCUT2D eigenvalue weighted by Crippen LogP contribution is -2.33. The molecule has 6 nitrogen and oxygen atoms in total. The first kappa shape index (κ1) is 14.0. The van der Waals surface area contributed by atoms with E-state index in [1.54, 1.807) is 4.52 Å². The Bertz CT molecular complexity index is 655. The largest absolute Gasteiger partial charge is 0.342 e. The first-order valence-corrected chi connectivity index (χ1v) is 7.60. The number of amides is 1. The van der Waals surface area contributed by atoms with Crippen molar-refractivity contribution in [1.29, 1.82) is 0 Å². The lowest BCUT2D eigenvalue weighted by Gasteiger charge is -2.21. The van der Waals surface area contributed by atoms with E-state index in [-0.39, 0.29) is 5.91 Å². The molecule has 1 fully saturated rings. The fraction of sp³-hybridized carbons (Fsp3) is 0.600. The van der Waals surface area contributed by atoms with Gasteiger partial charge in [0.1, 0.15) is 6.33 Å². The van der Waals surface area contributed by atoms with E-state index >= 15 is 0 Å². The van der Waals surface area contributed by atoms with E-state index in [1.165, 1.54) is 19.2 Å². The highest BCUT2D eigenvalue weighted by Crippen LogP contribution is 2.16. The zero-order valence-corrected chi connectivity index (χ0v) is 12.7. The molecule has 0 aromatic carbocycles. The molecule has 2 aromatic heterocycles. The van der Waals surface area contributed by atoms with E-state index in [9.17, 15) is 4.79 Å². The van der Waals surface area contributed by atoms with Crippen molar-refractivity contribution in [3.05, 3.63) is 23.3 Å². The fourth-order valence-corrected chi connectivity index (χ4v) is 2.99. The van der Waals surface area contributed by atoms with Crippen LogP contribution in [0.2, 0.25) is 0 Å². The van der Waals surface area contributed by atoms with Crippen molar-refractivity contribution in [1.82, 2.24) is 24.5 Å². The third-order valence-electron chi connectivity index (χ3n) is 4.28. The molecule has 0 spiro atoms. The van der Waals surface area contributed by atoms with Crippen LogP contribution in [-0.2, 0) is 11.2 Å². The maximum Gasteiger partial charge on any atom is 0.252 e. The Labute approximate surface area is 124 Å². The molecule has 1 aliphatic heterocycles. The van der Waals surface area contributed by atoms with E-state index in [4.69, 9.17) is 0 Å². The summed E-state index contributed by atoms with van der Waals surface area (Å²) in [7, 11) is 0. The number of nitrogens with zero attached hydrogens (tertiary/aromatic N) is 5. The van der Waals surface area contributed by atoms with Gasteiger partial charge in [0.2, 0.25) is 5.91 Å². The highest BCUT2D eigenvalue weighted by Gasteiger charge is 2.19. The van der Waals surface area contributed by atoms with Crippen LogP contribution < -0.4 is 0 Å². The smallest absolute Gasteiger partial charge is 0.252 e. The highest BCUT2D eigenvalue weighted by molar-refractivity contribution is 5.79. The van der Waals surface area contributed by atoms with Gasteiger partial charge in [-0.15, -0.1) is 0 Å². The van der Waals surface area contributed by atoms with Crippen LogP contribution in [-0.4, -0.2) is 43.5 Å². The van der Waals surface area contributed by atoms with Gasteiger partial charge in [0.25, 0.3) is 5.78 Å². The lowest BCUT2D eigenvalue weighted by atomic mass is 10.1. The van der Waals surface area contributed by atoms with Crippen LogP contribution in [0.25, 0.3) is 5.78 Å². The van der Waals surface area contributed by atoms with Crippen LogP contribution in [0.4, 0.5) is 0 Å². The molecule has 1 aliphatic rings. The van der Waals surface area contributed by atoms with Gasteiger partial charge in [-0.2, -0.15) is 10.1 Å². The number of fused-ring (bicyclic) bond motifs is 1. The molecule has 0 atom stereocenters. The van der Waals surface area contributed by atoms with Gasteiger partial charge in [0, 0.05) is 30.0 Å². The van der Waals surface area contributed by atoms with Crippen molar-refractivity contribution in [2.24, 2.45) is 0 Å². The van der Waals surface area contributed by atoms with Gasteiger partial charge in [-0.05, 0) is 26.7 Å². The fourth-order valence-electron chi connectivity index (χ4n) is 2.99. The van der Waals surface area contributed by atoms with Crippen molar-refractivity contribution in [2.45, 2.75) is 46.0 Å². The molecule has 0 unspecified atom stereocenters. The molecule has 3 rings (SSSR count). The first-order chi connectivity index (χ1) is 10.2. The number of hydrogen-bond donors (Lipinski definition) is 0. The maximum atomic E-state index is 12.6. The summed E-state index contributed by atoms with van der Waals surface area (Å²) in [6, 6.07) is 0. The minimum Gasteiger partial charge on any atom is -0.342 e. The van der Waals surface area contributed by atoms with E-state index in [0.717, 1.165) is 42.9 Å². The van der Waals surface area contributed by atoms with Gasteiger partial charge >= 0.3 is 0 Å². The third kappa shape index (κ3) is 2.75. The second kappa shape index (κ2) is 5.79. The summed E-state index contributed by atoms with van der Waals surface area (Å²) in [4.78, 5) is 23.1. The molecule has 1 amide bonds. The van der Waals surface area contributed by atoms with Crippen molar-refractivity contribution in [3.63, 3.8) is 0 Å². The summed E-state index contributed by atoms with van der Waals surface area (Å²) in [5.74, 6) is 0.792. The van der Waals surface area contributed by atoms with Crippen LogP contribution in [0.3, 0.4) is 0 Å². The average molecular weight is 287 g/mol. The van der Waals surface area contributed by atoms with Crippen LogP contribution in [0.1, 0.15) is 42.6 Å². The molecule has 0 bridgehead atoms. The molecule has 0 N–H and O–H groups in total. The zero-order valence-electron chi connectivity index (χ0n) is 12.7. The SMILES string of the molecule is Cc1nc2ncnn2c(C)c1CC(=O)N1CCCCCC1. The molecule has 0 radical (unpaired) electrons. The van der Waals surface area contributed by atoms with E-state index < -0.39 is 0 Å². The Kier molecular flexibility index (Phi) is 3.86. The summed E-state index contributed by atoms with van der Waals surface area (Å²) in [6.07, 6.45) is 6.59. The van der Waals surface area contributed by atoms with E-state index in [0.29, 0.717) is 12.2 Å². The van der Waals surface area contributed by atoms with Crippen LogP contribution in [0.5, 0.6) is 0 Å². The summed E-state index contributed by atoms with van der Waals surface area (Å²) in [5.41, 5.74) is 2.80. The van der Waals surface area contributed by atoms with E-state index in [1.807, 2.05) is 18.7 Å². The van der Waals surface area contributed by atoms with Crippen molar-refractivity contribution in [3.8, 4) is 0 Å². The second-order valence-electron chi connectivity index (χ2n) is 5.70. The van der Waals surface area contributed by atoms with Crippen molar-refractivity contribution < 1.29 is 4.79 Å². The van der Waals surface area contributed by atoms with Gasteiger partial charge < -0.3 is 4.90 Å². The van der Waals surface area contributed by atoms with Crippen LogP contribution in [0.15, 0.2) is 6.33 Å². The summed E-state index contributed by atoms with van der Waals surface area (Å²) < 4.78 is 1.71. The Morgan fingerprint density at radius 3 is 2.62 bits per heavy atom. The van der Waals surface area contributed by atoms with Crippen molar-refractivity contribution >= 4 is 11.7 Å². The molecule has 21 heavy (non-hydrogen) atoms. The second-order valence-corrected chi connectivity index (χ2v) is 5.70. The lowest BCUT2D eigenvalue weighted by molar-refractivity contribution is -0.130. The molecule has 112 valence electrons. The van der Waals surface area contributed by atoms with E-state index in [2.05, 4.69) is 15.1 Å². The summed E-state index contributed by atoms with van der Waals surface area (Å²) >= 11 is 0. The predicted molar refractivity (Wildman–Crippen MR) is 79.0 cm³/mol. The molecule has 2 aromatic rings. The molecule has 6 heteroatoms. The minimum atomic E-state index is 0.198. The molecular weight excluding hydrogens is 266 g/mol. The quantitative estimate of drug-likeness (QED) is 0.843. The highest BCUT2D eigenvalue weighted by atomic mass is 16.2. The molecule has 0 saturated carbocycles. The Morgan fingerprint density at radius 1 is 1.19 bits per heavy atom. The van der Waals surface area contributed by atoms with Gasteiger partial charge in [-0.1, -0.05) is 12.8 Å². The van der Waals surface area contributed by atoms with Gasteiger partial charge in [-0.3, -0.25) is 4.79 Å². The minimum absolute atomic E-state index is 0.198. The average Bonchev–Trinajstić information content (AvgIpc) is 2.76. The molecular formula is C15H21N5O. The van der Waals surface area contributed by atoms with Crippen LogP contribution >= 0.6 is 0 Å². The number of aromatic nitrogens is 4. The Hall–Kier alpha value is -1.98. The summed E-state index contributed by atoms with van der Waals surface area (Å²) in [5, 5.41) is 4.17. The molecule has 3 heterocycles.